The molecule has 0 amide bonds. The molecule has 3 N–H and O–H groups in total. The van der Waals surface area contributed by atoms with Crippen molar-refractivity contribution in [1.82, 2.24) is 5.32 Å². The number of anilines is 1. The molecule has 0 saturated carbocycles. The molecule has 0 unspecified atom stereocenters. The van der Waals surface area contributed by atoms with E-state index in [1.807, 2.05) is 24.3 Å². The number of nitrogens with one attached hydrogen (secondary N) is 1. The van der Waals surface area contributed by atoms with Crippen molar-refractivity contribution in [2.75, 3.05) is 18.8 Å². The quantitative estimate of drug-likeness (QED) is 0.560. The maximum atomic E-state index is 11.4. The molecule has 1 aromatic rings. The first-order valence-electron chi connectivity index (χ1n) is 5.30. The number of carbonyl (C=O) groups is 1. The average Bonchev–Trinajstić information content (AvgIpc) is 2.30. The predicted octanol–water partition coefficient (Wildman–Crippen LogP) is 1.09. The van der Waals surface area contributed by atoms with Gasteiger partial charge in [0.15, 0.2) is 0 Å². The Bertz CT molecular complexity index is 356. The fraction of sp³-hybridized carbons (Fsp3) is 0.417. The first-order chi connectivity index (χ1) is 7.28. The number of hydrogen-bond acceptors (Lipinski definition) is 3. The minimum atomic E-state index is -0.364. The van der Waals surface area contributed by atoms with Crippen LogP contribution in [-0.4, -0.2) is 19.4 Å². The van der Waals surface area contributed by atoms with Gasteiger partial charge < -0.3 is 15.8 Å². The first kappa shape index (κ1) is 10.2. The van der Waals surface area contributed by atoms with E-state index < -0.39 is 0 Å². The maximum absolute atomic E-state index is 11.4. The van der Waals surface area contributed by atoms with Gasteiger partial charge >= 0.3 is 0 Å². The first-order valence-corrected chi connectivity index (χ1v) is 5.30. The largest absolute Gasteiger partial charge is 0.398 e. The van der Waals surface area contributed by atoms with Gasteiger partial charge in [-0.25, -0.2) is 0 Å². The molecule has 0 aromatic heterocycles. The van der Waals surface area contributed by atoms with Crippen LogP contribution in [0.3, 0.4) is 0 Å². The zero-order valence-electron chi connectivity index (χ0n) is 8.70. The summed E-state index contributed by atoms with van der Waals surface area (Å²) in [5.41, 5.74) is 7.28. The van der Waals surface area contributed by atoms with Gasteiger partial charge in [-0.3, -0.25) is 0 Å². The van der Waals surface area contributed by atoms with Gasteiger partial charge in [0.2, 0.25) is 0 Å². The minimum Gasteiger partial charge on any atom is -0.398 e. The normalized spacial score (nSPS) is 19.7. The Balaban J connectivity index is 2.41. The third kappa shape index (κ3) is 1.75. The van der Waals surface area contributed by atoms with Crippen LogP contribution < -0.4 is 11.1 Å². The zero-order valence-corrected chi connectivity index (χ0v) is 8.70. The van der Waals surface area contributed by atoms with E-state index >= 15 is 0 Å². The fourth-order valence-corrected chi connectivity index (χ4v) is 2.27. The van der Waals surface area contributed by atoms with Crippen molar-refractivity contribution in [1.29, 1.82) is 0 Å². The van der Waals surface area contributed by atoms with Crippen LogP contribution in [0.1, 0.15) is 18.4 Å². The number of para-hydroxylation sites is 1. The lowest BCUT2D eigenvalue weighted by molar-refractivity contribution is -0.113. The van der Waals surface area contributed by atoms with Crippen LogP contribution in [0, 0.1) is 0 Å². The molecule has 1 aromatic carbocycles. The zero-order chi connectivity index (χ0) is 10.7. The summed E-state index contributed by atoms with van der Waals surface area (Å²) in [5.74, 6) is 0. The van der Waals surface area contributed by atoms with Crippen LogP contribution in [0.15, 0.2) is 24.3 Å². The highest BCUT2D eigenvalue weighted by Crippen LogP contribution is 2.34. The summed E-state index contributed by atoms with van der Waals surface area (Å²) in [5, 5.41) is 3.26. The molecule has 3 heteroatoms. The molecule has 1 saturated heterocycles. The van der Waals surface area contributed by atoms with Gasteiger partial charge in [-0.1, -0.05) is 18.2 Å². The second-order valence-electron chi connectivity index (χ2n) is 4.11. The minimum absolute atomic E-state index is 0.364. The Kier molecular flexibility index (Phi) is 2.73. The van der Waals surface area contributed by atoms with E-state index in [0.29, 0.717) is 0 Å². The molecule has 1 aliphatic heterocycles. The van der Waals surface area contributed by atoms with Crippen molar-refractivity contribution in [2.45, 2.75) is 18.3 Å². The summed E-state index contributed by atoms with van der Waals surface area (Å²) in [6.07, 6.45) is 2.74. The molecule has 1 heterocycles. The standard InChI is InChI=1S/C12H16N2O/c13-11-4-2-1-3-10(11)12(9-15)5-7-14-8-6-12/h1-4,9,14H,5-8,13H2. The van der Waals surface area contributed by atoms with E-state index in [2.05, 4.69) is 5.32 Å². The van der Waals surface area contributed by atoms with Crippen LogP contribution >= 0.6 is 0 Å². The molecule has 0 radical (unpaired) electrons. The predicted molar refractivity (Wildman–Crippen MR) is 60.7 cm³/mol. The molecular weight excluding hydrogens is 188 g/mol. The van der Waals surface area contributed by atoms with Crippen molar-refractivity contribution in [3.05, 3.63) is 29.8 Å². The lowest BCUT2D eigenvalue weighted by Crippen LogP contribution is -2.41. The third-order valence-corrected chi connectivity index (χ3v) is 3.22. The van der Waals surface area contributed by atoms with Crippen LogP contribution in [-0.2, 0) is 10.2 Å². The molecule has 0 spiro atoms. The number of piperidine rings is 1. The lowest BCUT2D eigenvalue weighted by Gasteiger charge is -2.33. The summed E-state index contributed by atoms with van der Waals surface area (Å²) in [4.78, 5) is 11.4. The maximum Gasteiger partial charge on any atom is 0.130 e. The van der Waals surface area contributed by atoms with Crippen molar-refractivity contribution in [3.63, 3.8) is 0 Å². The highest BCUT2D eigenvalue weighted by atomic mass is 16.1. The highest BCUT2D eigenvalue weighted by molar-refractivity contribution is 5.73. The van der Waals surface area contributed by atoms with E-state index in [0.717, 1.165) is 43.5 Å². The number of nitrogens with two attached hydrogens (primary N) is 1. The summed E-state index contributed by atoms with van der Waals surface area (Å²) in [6, 6.07) is 7.68. The average molecular weight is 204 g/mol. The number of aldehydes is 1. The van der Waals surface area contributed by atoms with E-state index in [1.165, 1.54) is 0 Å². The number of nitrogen functional groups attached to an aromatic ring is 1. The van der Waals surface area contributed by atoms with Gasteiger partial charge in [-0.15, -0.1) is 0 Å². The second kappa shape index (κ2) is 4.03. The number of rotatable bonds is 2. The van der Waals surface area contributed by atoms with Crippen LogP contribution in [0.2, 0.25) is 0 Å². The Morgan fingerprint density at radius 2 is 1.93 bits per heavy atom. The topological polar surface area (TPSA) is 55.1 Å². The Labute approximate surface area is 89.7 Å². The van der Waals surface area contributed by atoms with E-state index in [1.54, 1.807) is 0 Å². The van der Waals surface area contributed by atoms with Gasteiger partial charge in [-0.05, 0) is 37.6 Å². The molecular formula is C12H16N2O. The lowest BCUT2D eigenvalue weighted by atomic mass is 9.74. The second-order valence-corrected chi connectivity index (χ2v) is 4.11. The van der Waals surface area contributed by atoms with Crippen LogP contribution in [0.25, 0.3) is 0 Å². The number of benzene rings is 1. The molecule has 80 valence electrons. The van der Waals surface area contributed by atoms with Crippen LogP contribution in [0.4, 0.5) is 5.69 Å². The van der Waals surface area contributed by atoms with Crippen molar-refractivity contribution in [3.8, 4) is 0 Å². The van der Waals surface area contributed by atoms with Gasteiger partial charge in [0, 0.05) is 5.69 Å². The smallest absolute Gasteiger partial charge is 0.130 e. The van der Waals surface area contributed by atoms with Gasteiger partial charge in [0.25, 0.3) is 0 Å². The number of carbonyl (C=O) groups excluding carboxylic acids is 1. The molecule has 1 fully saturated rings. The molecule has 0 atom stereocenters. The molecule has 3 nitrogen and oxygen atoms in total. The SMILES string of the molecule is Nc1ccccc1C1(C=O)CCNCC1. The Morgan fingerprint density at radius 1 is 1.27 bits per heavy atom. The Hall–Kier alpha value is -1.35. The van der Waals surface area contributed by atoms with Gasteiger partial charge in [-0.2, -0.15) is 0 Å². The van der Waals surface area contributed by atoms with Crippen molar-refractivity contribution >= 4 is 12.0 Å². The summed E-state index contributed by atoms with van der Waals surface area (Å²) >= 11 is 0. The van der Waals surface area contributed by atoms with Crippen molar-refractivity contribution < 1.29 is 4.79 Å². The molecule has 1 aliphatic rings. The highest BCUT2D eigenvalue weighted by Gasteiger charge is 2.34. The Morgan fingerprint density at radius 3 is 2.53 bits per heavy atom. The summed E-state index contributed by atoms with van der Waals surface area (Å²) in [6.45, 7) is 1.76. The van der Waals surface area contributed by atoms with Crippen LogP contribution in [0.5, 0.6) is 0 Å². The molecule has 0 bridgehead atoms. The monoisotopic (exact) mass is 204 g/mol. The third-order valence-electron chi connectivity index (χ3n) is 3.22. The number of hydrogen-bond donors (Lipinski definition) is 2. The molecule has 0 aliphatic carbocycles. The van der Waals surface area contributed by atoms with Crippen molar-refractivity contribution in [2.24, 2.45) is 0 Å². The van der Waals surface area contributed by atoms with E-state index in [4.69, 9.17) is 5.73 Å². The molecule has 2 rings (SSSR count). The summed E-state index contributed by atoms with van der Waals surface area (Å²) < 4.78 is 0. The van der Waals surface area contributed by atoms with E-state index in [-0.39, 0.29) is 5.41 Å². The molecule has 15 heavy (non-hydrogen) atoms. The fourth-order valence-electron chi connectivity index (χ4n) is 2.27. The van der Waals surface area contributed by atoms with Gasteiger partial charge in [0.05, 0.1) is 5.41 Å². The van der Waals surface area contributed by atoms with E-state index in [9.17, 15) is 4.79 Å². The summed E-state index contributed by atoms with van der Waals surface area (Å²) in [7, 11) is 0. The van der Waals surface area contributed by atoms with Gasteiger partial charge in [0.1, 0.15) is 6.29 Å².